The van der Waals surface area contributed by atoms with Crippen molar-refractivity contribution in [3.05, 3.63) is 11.4 Å². The number of allylic oxidation sites excluding steroid dienone is 1. The Kier molecular flexibility index (Phi) is 4.54. The second-order valence-electron chi connectivity index (χ2n) is 5.37. The molecule has 0 unspecified atom stereocenters. The lowest BCUT2D eigenvalue weighted by Gasteiger charge is -2.31. The Morgan fingerprint density at radius 1 is 1.47 bits per heavy atom. The van der Waals surface area contributed by atoms with Crippen molar-refractivity contribution in [1.82, 2.24) is 4.90 Å². The first-order valence-electron chi connectivity index (χ1n) is 6.18. The first-order chi connectivity index (χ1) is 7.83. The van der Waals surface area contributed by atoms with Crippen molar-refractivity contribution in [3.63, 3.8) is 0 Å². The van der Waals surface area contributed by atoms with Gasteiger partial charge < -0.3 is 9.64 Å². The predicted octanol–water partition coefficient (Wildman–Crippen LogP) is 3.65. The summed E-state index contributed by atoms with van der Waals surface area (Å²) in [4.78, 5) is 13.4. The summed E-state index contributed by atoms with van der Waals surface area (Å²) in [6.45, 7) is 8.30. The van der Waals surface area contributed by atoms with Gasteiger partial charge in [0.2, 0.25) is 0 Å². The summed E-state index contributed by atoms with van der Waals surface area (Å²) in [5.41, 5.74) is 0.242. The minimum atomic E-state index is -0.498. The summed E-state index contributed by atoms with van der Waals surface area (Å²) in [5.74, 6) is -0.0849. The highest BCUT2D eigenvalue weighted by atomic mass is 19.1. The highest BCUT2D eigenvalue weighted by Gasteiger charge is 2.26. The minimum Gasteiger partial charge on any atom is -0.444 e. The second kappa shape index (κ2) is 5.52. The number of carbonyl (C=O) groups excluding carboxylic acids is 1. The highest BCUT2D eigenvalue weighted by molar-refractivity contribution is 5.68. The van der Waals surface area contributed by atoms with Crippen LogP contribution < -0.4 is 0 Å². The van der Waals surface area contributed by atoms with Crippen molar-refractivity contribution < 1.29 is 13.9 Å². The zero-order chi connectivity index (χ0) is 13.1. The van der Waals surface area contributed by atoms with Crippen molar-refractivity contribution >= 4 is 6.09 Å². The van der Waals surface area contributed by atoms with E-state index < -0.39 is 5.60 Å². The molecule has 1 heterocycles. The monoisotopic (exact) mass is 243 g/mol. The van der Waals surface area contributed by atoms with Gasteiger partial charge >= 0.3 is 6.09 Å². The van der Waals surface area contributed by atoms with Crippen molar-refractivity contribution in [1.29, 1.82) is 0 Å². The summed E-state index contributed by atoms with van der Waals surface area (Å²) in [6.07, 6.45) is 1.61. The summed E-state index contributed by atoms with van der Waals surface area (Å²) >= 11 is 0. The van der Waals surface area contributed by atoms with E-state index in [1.807, 2.05) is 20.8 Å². The number of halogens is 1. The van der Waals surface area contributed by atoms with E-state index in [2.05, 4.69) is 0 Å². The van der Waals surface area contributed by atoms with Gasteiger partial charge in [0.25, 0.3) is 0 Å². The van der Waals surface area contributed by atoms with Gasteiger partial charge in [-0.15, -0.1) is 0 Å². The molecule has 0 atom stereocenters. The summed E-state index contributed by atoms with van der Waals surface area (Å²) in [6, 6.07) is 0. The van der Waals surface area contributed by atoms with Crippen LogP contribution >= 0.6 is 0 Å². The van der Waals surface area contributed by atoms with Crippen LogP contribution in [0.2, 0.25) is 0 Å². The van der Waals surface area contributed by atoms with E-state index in [1.165, 1.54) is 0 Å². The molecule has 0 aromatic heterocycles. The van der Waals surface area contributed by atoms with Gasteiger partial charge in [0.05, 0.1) is 0 Å². The Hall–Kier alpha value is -1.06. The largest absolute Gasteiger partial charge is 0.444 e. The number of carbonyl (C=O) groups is 1. The van der Waals surface area contributed by atoms with Gasteiger partial charge in [0, 0.05) is 13.1 Å². The molecule has 1 aliphatic rings. The molecular weight excluding hydrogens is 221 g/mol. The number of hydrogen-bond acceptors (Lipinski definition) is 2. The fourth-order valence-electron chi connectivity index (χ4n) is 1.83. The van der Waals surface area contributed by atoms with Gasteiger partial charge in [0.1, 0.15) is 11.4 Å². The molecule has 98 valence electrons. The second-order valence-corrected chi connectivity index (χ2v) is 5.37. The lowest BCUT2D eigenvalue weighted by molar-refractivity contribution is 0.0245. The topological polar surface area (TPSA) is 29.5 Å². The number of rotatable bonds is 1. The maximum Gasteiger partial charge on any atom is 0.410 e. The molecule has 17 heavy (non-hydrogen) atoms. The number of ether oxygens (including phenoxy) is 1. The smallest absolute Gasteiger partial charge is 0.410 e. The van der Waals surface area contributed by atoms with Gasteiger partial charge in [-0.3, -0.25) is 0 Å². The highest BCUT2D eigenvalue weighted by Crippen LogP contribution is 2.23. The quantitative estimate of drug-likeness (QED) is 0.703. The normalized spacial score (nSPS) is 20.2. The van der Waals surface area contributed by atoms with Crippen molar-refractivity contribution in [2.24, 2.45) is 0 Å². The fourth-order valence-corrected chi connectivity index (χ4v) is 1.83. The lowest BCUT2D eigenvalue weighted by atomic mass is 10.0. The van der Waals surface area contributed by atoms with Crippen LogP contribution in [0, 0.1) is 0 Å². The molecule has 1 amide bonds. The van der Waals surface area contributed by atoms with Gasteiger partial charge in [-0.1, -0.05) is 6.92 Å². The van der Waals surface area contributed by atoms with E-state index in [0.29, 0.717) is 19.5 Å². The molecule has 0 aliphatic carbocycles. The SMILES string of the molecule is CC/C(F)=C1/CCCN(C(=O)OC(C)(C)C)C1. The fraction of sp³-hybridized carbons (Fsp3) is 0.769. The standard InChI is InChI=1S/C13H22FNO2/c1-5-11(14)10-7-6-8-15(9-10)12(16)17-13(2,3)4/h5-9H2,1-4H3/b11-10+. The number of nitrogens with zero attached hydrogens (tertiary/aromatic N) is 1. The first kappa shape index (κ1) is 14.0. The van der Waals surface area contributed by atoms with Crippen molar-refractivity contribution in [2.75, 3.05) is 13.1 Å². The average molecular weight is 243 g/mol. The molecule has 1 fully saturated rings. The minimum absolute atomic E-state index is 0.0849. The molecule has 1 rings (SSSR count). The molecule has 4 heteroatoms. The molecule has 0 aromatic carbocycles. The molecule has 0 bridgehead atoms. The van der Waals surface area contributed by atoms with Crippen LogP contribution in [0.5, 0.6) is 0 Å². The Labute approximate surface area is 103 Å². The molecule has 0 aromatic rings. The number of amides is 1. The third-order valence-corrected chi connectivity index (χ3v) is 2.63. The van der Waals surface area contributed by atoms with Gasteiger partial charge in [-0.05, 0) is 45.6 Å². The van der Waals surface area contributed by atoms with E-state index in [0.717, 1.165) is 18.4 Å². The van der Waals surface area contributed by atoms with E-state index >= 15 is 0 Å². The molecule has 0 N–H and O–H groups in total. The van der Waals surface area contributed by atoms with E-state index in [-0.39, 0.29) is 11.9 Å². The van der Waals surface area contributed by atoms with Crippen LogP contribution in [-0.4, -0.2) is 29.7 Å². The molecule has 0 saturated carbocycles. The van der Waals surface area contributed by atoms with Crippen LogP contribution in [-0.2, 0) is 4.74 Å². The van der Waals surface area contributed by atoms with Crippen LogP contribution in [0.1, 0.15) is 47.0 Å². The number of likely N-dealkylation sites (tertiary alicyclic amines) is 1. The van der Waals surface area contributed by atoms with E-state index in [1.54, 1.807) is 11.8 Å². The molecule has 1 aliphatic heterocycles. The van der Waals surface area contributed by atoms with E-state index in [4.69, 9.17) is 4.74 Å². The van der Waals surface area contributed by atoms with Crippen LogP contribution in [0.15, 0.2) is 11.4 Å². The number of hydrogen-bond donors (Lipinski definition) is 0. The van der Waals surface area contributed by atoms with Crippen molar-refractivity contribution in [3.8, 4) is 0 Å². The Morgan fingerprint density at radius 2 is 2.12 bits per heavy atom. The Bertz CT molecular complexity index is 318. The zero-order valence-corrected chi connectivity index (χ0v) is 11.2. The Morgan fingerprint density at radius 3 is 2.65 bits per heavy atom. The zero-order valence-electron chi connectivity index (χ0n) is 11.2. The molecule has 3 nitrogen and oxygen atoms in total. The van der Waals surface area contributed by atoms with Crippen LogP contribution in [0.25, 0.3) is 0 Å². The maximum absolute atomic E-state index is 13.5. The van der Waals surface area contributed by atoms with Crippen molar-refractivity contribution in [2.45, 2.75) is 52.6 Å². The molecule has 0 spiro atoms. The third-order valence-electron chi connectivity index (χ3n) is 2.63. The summed E-state index contributed by atoms with van der Waals surface area (Å²) in [5, 5.41) is 0. The maximum atomic E-state index is 13.5. The molecular formula is C13H22FNO2. The first-order valence-corrected chi connectivity index (χ1v) is 6.18. The van der Waals surface area contributed by atoms with Crippen LogP contribution in [0.4, 0.5) is 9.18 Å². The number of piperidine rings is 1. The summed E-state index contributed by atoms with van der Waals surface area (Å²) in [7, 11) is 0. The van der Waals surface area contributed by atoms with Crippen LogP contribution in [0.3, 0.4) is 0 Å². The average Bonchev–Trinajstić information content (AvgIpc) is 2.26. The van der Waals surface area contributed by atoms with E-state index in [9.17, 15) is 9.18 Å². The predicted molar refractivity (Wildman–Crippen MR) is 65.5 cm³/mol. The van der Waals surface area contributed by atoms with Gasteiger partial charge in [-0.25, -0.2) is 9.18 Å². The molecule has 0 radical (unpaired) electrons. The van der Waals surface area contributed by atoms with Gasteiger partial charge in [0.15, 0.2) is 0 Å². The van der Waals surface area contributed by atoms with Gasteiger partial charge in [-0.2, -0.15) is 0 Å². The summed E-state index contributed by atoms with van der Waals surface area (Å²) < 4.78 is 18.8. The third kappa shape index (κ3) is 4.36. The lowest BCUT2D eigenvalue weighted by Crippen LogP contribution is -2.40. The molecule has 1 saturated heterocycles. The Balaban J connectivity index is 2.64.